The number of anilines is 2. The summed E-state index contributed by atoms with van der Waals surface area (Å²) in [7, 11) is -1.71. The number of halogens is 1. The van der Waals surface area contributed by atoms with E-state index in [4.69, 9.17) is 9.16 Å². The number of ether oxygens (including phenoxy) is 1. The van der Waals surface area contributed by atoms with Gasteiger partial charge < -0.3 is 23.9 Å². The van der Waals surface area contributed by atoms with Crippen LogP contribution in [0.15, 0.2) is 30.6 Å². The Morgan fingerprint density at radius 2 is 1.74 bits per heavy atom. The summed E-state index contributed by atoms with van der Waals surface area (Å²) in [6.45, 7) is 12.0. The number of carbonyl (C=O) groups is 1. The lowest BCUT2D eigenvalue weighted by Gasteiger charge is -2.36. The van der Waals surface area contributed by atoms with Crippen LogP contribution < -0.4 is 9.80 Å². The lowest BCUT2D eigenvalue weighted by Crippen LogP contribution is -2.49. The highest BCUT2D eigenvalue weighted by atomic mass is 28.4. The summed E-state index contributed by atoms with van der Waals surface area (Å²) in [6.07, 6.45) is 3.20. The first-order valence-electron chi connectivity index (χ1n) is 12.4. The molecule has 3 aliphatic heterocycles. The van der Waals surface area contributed by atoms with Gasteiger partial charge in [-0.2, -0.15) is 0 Å². The van der Waals surface area contributed by atoms with E-state index in [9.17, 15) is 4.79 Å². The molecule has 3 aliphatic rings. The van der Waals surface area contributed by atoms with Gasteiger partial charge in [0.2, 0.25) is 5.95 Å². The van der Waals surface area contributed by atoms with Gasteiger partial charge in [-0.15, -0.1) is 0 Å². The Kier molecular flexibility index (Phi) is 6.54. The Morgan fingerprint density at radius 3 is 2.37 bits per heavy atom. The van der Waals surface area contributed by atoms with Crippen LogP contribution in [0.4, 0.5) is 16.0 Å². The molecule has 1 aromatic heterocycles. The van der Waals surface area contributed by atoms with Gasteiger partial charge in [0.1, 0.15) is 0 Å². The van der Waals surface area contributed by atoms with Gasteiger partial charge >= 0.3 is 0 Å². The van der Waals surface area contributed by atoms with Crippen LogP contribution in [0.3, 0.4) is 0 Å². The smallest absolute Gasteiger partial charge is 0.257 e. The predicted octanol–water partition coefficient (Wildman–Crippen LogP) is 3.30. The van der Waals surface area contributed by atoms with Crippen LogP contribution in [0.2, 0.25) is 17.6 Å². The van der Waals surface area contributed by atoms with Crippen LogP contribution in [0.5, 0.6) is 0 Å². The molecule has 2 aromatic rings. The van der Waals surface area contributed by atoms with Crippen LogP contribution in [0.1, 0.15) is 29.8 Å². The third-order valence-corrected chi connectivity index (χ3v) is 12.7. The van der Waals surface area contributed by atoms with Gasteiger partial charge in [-0.1, -0.05) is 26.0 Å². The van der Waals surface area contributed by atoms with E-state index in [2.05, 4.69) is 35.3 Å². The van der Waals surface area contributed by atoms with Gasteiger partial charge in [-0.25, -0.2) is 14.4 Å². The molecule has 3 fully saturated rings. The quantitative estimate of drug-likeness (QED) is 0.565. The molecule has 0 aliphatic carbocycles. The minimum absolute atomic E-state index is 0.0916. The van der Waals surface area contributed by atoms with Crippen molar-refractivity contribution in [3.63, 3.8) is 0 Å². The number of carbonyl (C=O) groups excluding carboxylic acids is 1. The molecule has 0 saturated carbocycles. The number of hydrogen-bond acceptors (Lipinski definition) is 7. The average Bonchev–Trinajstić information content (AvgIpc) is 3.40. The third-order valence-electron chi connectivity index (χ3n) is 7.78. The maximum Gasteiger partial charge on any atom is 0.257 e. The highest BCUT2D eigenvalue weighted by molar-refractivity contribution is 6.86. The summed E-state index contributed by atoms with van der Waals surface area (Å²) in [5, 5.41) is 0.276. The molecule has 8 nitrogen and oxygen atoms in total. The molecule has 0 bridgehead atoms. The summed E-state index contributed by atoms with van der Waals surface area (Å²) in [4.78, 5) is 27.6. The fraction of sp³-hybridized carbons (Fsp3) is 0.560. The van der Waals surface area contributed by atoms with Crippen molar-refractivity contribution >= 4 is 25.9 Å². The number of benzene rings is 1. The maximum absolute atomic E-state index is 15.3. The van der Waals surface area contributed by atoms with E-state index in [1.54, 1.807) is 17.3 Å². The van der Waals surface area contributed by atoms with Gasteiger partial charge in [0, 0.05) is 57.2 Å². The number of aromatic nitrogens is 2. The second-order valence-electron chi connectivity index (χ2n) is 10.5. The van der Waals surface area contributed by atoms with E-state index in [1.165, 1.54) is 0 Å². The molecule has 0 N–H and O–H groups in total. The minimum atomic E-state index is -1.71. The van der Waals surface area contributed by atoms with Crippen LogP contribution >= 0.6 is 0 Å². The molecule has 0 spiro atoms. The first-order valence-corrected chi connectivity index (χ1v) is 15.0. The van der Waals surface area contributed by atoms with Crippen molar-refractivity contribution in [2.75, 3.05) is 62.3 Å². The summed E-state index contributed by atoms with van der Waals surface area (Å²) in [6, 6.07) is 6.64. The maximum atomic E-state index is 15.3. The summed E-state index contributed by atoms with van der Waals surface area (Å²) < 4.78 is 26.9. The zero-order valence-corrected chi connectivity index (χ0v) is 21.8. The molecule has 5 rings (SSSR count). The second kappa shape index (κ2) is 9.48. The highest BCUT2D eigenvalue weighted by Crippen LogP contribution is 2.62. The number of piperazine rings is 1. The van der Waals surface area contributed by atoms with Crippen LogP contribution in [0, 0.1) is 5.82 Å². The Balaban J connectivity index is 1.18. The van der Waals surface area contributed by atoms with Crippen molar-refractivity contribution in [1.29, 1.82) is 0 Å². The zero-order valence-electron chi connectivity index (χ0n) is 20.8. The molecule has 1 aromatic carbocycles. The van der Waals surface area contributed by atoms with Crippen molar-refractivity contribution in [2.24, 2.45) is 0 Å². The average molecular weight is 500 g/mol. The molecule has 3 saturated heterocycles. The molecule has 0 radical (unpaired) electrons. The van der Waals surface area contributed by atoms with Crippen molar-refractivity contribution < 1.29 is 18.3 Å². The summed E-state index contributed by atoms with van der Waals surface area (Å²) in [5.41, 5.74) is 1.66. The Morgan fingerprint density at radius 1 is 1.09 bits per heavy atom. The van der Waals surface area contributed by atoms with Crippen LogP contribution in [-0.2, 0) is 15.8 Å². The standard InChI is InChI=1S/C25H34FN5O3Si/c1-25(2)18-35(25,3)34-17-19-5-4-6-21(22(19)26)29-7-9-30(10-8-29)23(32)20-15-27-24(28-16-20)31-11-13-33-14-12-31/h4-6,15-16H,7-14,17-18H2,1-3H3. The molecule has 1 unspecified atom stereocenters. The Bertz CT molecular complexity index is 1070. The number of hydrogen-bond donors (Lipinski definition) is 0. The lowest BCUT2D eigenvalue weighted by atomic mass is 10.1. The summed E-state index contributed by atoms with van der Waals surface area (Å²) >= 11 is 0. The SMILES string of the molecule is CC1(C)C[Si]1(C)OCc1cccc(N2CCN(C(=O)c3cnc(N4CCOCC4)nc3)CC2)c1F. The fourth-order valence-electron chi connectivity index (χ4n) is 4.90. The monoisotopic (exact) mass is 499 g/mol. The molecule has 4 heterocycles. The molecule has 1 atom stereocenters. The van der Waals surface area contributed by atoms with E-state index < -0.39 is 8.32 Å². The molecule has 1 amide bonds. The van der Waals surface area contributed by atoms with Crippen molar-refractivity contribution in [2.45, 2.75) is 38.1 Å². The predicted molar refractivity (Wildman–Crippen MR) is 135 cm³/mol. The lowest BCUT2D eigenvalue weighted by molar-refractivity contribution is 0.0745. The van der Waals surface area contributed by atoms with E-state index in [1.807, 2.05) is 23.1 Å². The number of rotatable bonds is 6. The zero-order chi connectivity index (χ0) is 24.6. The second-order valence-corrected chi connectivity index (χ2v) is 14.9. The van der Waals surface area contributed by atoms with Gasteiger partial charge in [0.05, 0.1) is 31.1 Å². The molecular formula is C25H34FN5O3Si. The van der Waals surface area contributed by atoms with Gasteiger partial charge in [0.25, 0.3) is 5.91 Å². The topological polar surface area (TPSA) is 71.0 Å². The van der Waals surface area contributed by atoms with Gasteiger partial charge in [0.15, 0.2) is 14.1 Å². The van der Waals surface area contributed by atoms with Gasteiger partial charge in [-0.3, -0.25) is 4.79 Å². The van der Waals surface area contributed by atoms with Crippen LogP contribution in [-0.4, -0.2) is 81.6 Å². The molecule has 188 valence electrons. The first kappa shape index (κ1) is 24.1. The Labute approximate surface area is 207 Å². The molecule has 10 heteroatoms. The largest absolute Gasteiger partial charge is 0.412 e. The van der Waals surface area contributed by atoms with E-state index in [-0.39, 0.29) is 16.8 Å². The highest BCUT2D eigenvalue weighted by Gasteiger charge is 2.62. The van der Waals surface area contributed by atoms with Crippen molar-refractivity contribution in [3.05, 3.63) is 47.5 Å². The Hall–Kier alpha value is -2.56. The summed E-state index contributed by atoms with van der Waals surface area (Å²) in [5.74, 6) is 0.317. The van der Waals surface area contributed by atoms with Gasteiger partial charge in [-0.05, 0) is 23.7 Å². The van der Waals surface area contributed by atoms with E-state index >= 15 is 4.39 Å². The fourth-order valence-corrected chi connectivity index (χ4v) is 8.21. The van der Waals surface area contributed by atoms with Crippen molar-refractivity contribution in [1.82, 2.24) is 14.9 Å². The number of amides is 1. The van der Waals surface area contributed by atoms with Crippen molar-refractivity contribution in [3.8, 4) is 0 Å². The minimum Gasteiger partial charge on any atom is -0.412 e. The molecular weight excluding hydrogens is 465 g/mol. The molecule has 35 heavy (non-hydrogen) atoms. The first-order chi connectivity index (χ1) is 16.8. The third kappa shape index (κ3) is 4.92. The van der Waals surface area contributed by atoms with E-state index in [0.717, 1.165) is 19.1 Å². The van der Waals surface area contributed by atoms with E-state index in [0.29, 0.717) is 68.8 Å². The number of morpholine rings is 1. The normalized spacial score (nSPS) is 23.9. The number of nitrogens with zero attached hydrogens (tertiary/aromatic N) is 5. The van der Waals surface area contributed by atoms with Crippen LogP contribution in [0.25, 0.3) is 0 Å².